The summed E-state index contributed by atoms with van der Waals surface area (Å²) in [6.07, 6.45) is 5.77. The fraction of sp³-hybridized carbons (Fsp3) is 0.467. The minimum absolute atomic E-state index is 0.170. The van der Waals surface area contributed by atoms with Gasteiger partial charge in [0.05, 0.1) is 32.5 Å². The van der Waals surface area contributed by atoms with E-state index in [1.165, 1.54) is 43.2 Å². The molecule has 1 aromatic heterocycles. The van der Waals surface area contributed by atoms with E-state index in [1.54, 1.807) is 0 Å². The maximum atomic E-state index is 12.2. The molecule has 1 fully saturated rings. The number of amides is 1. The van der Waals surface area contributed by atoms with E-state index in [2.05, 4.69) is 20.8 Å². The van der Waals surface area contributed by atoms with E-state index in [1.807, 2.05) is 4.68 Å². The van der Waals surface area contributed by atoms with E-state index in [0.29, 0.717) is 32.0 Å². The number of nitrogens with one attached hydrogen (secondary N) is 1. The van der Waals surface area contributed by atoms with Gasteiger partial charge < -0.3 is 5.32 Å². The third-order valence-corrected chi connectivity index (χ3v) is 5.97. The molecule has 0 unspecified atom stereocenters. The Kier molecular flexibility index (Phi) is 6.44. The lowest BCUT2D eigenvalue weighted by Crippen LogP contribution is -2.17. The zero-order chi connectivity index (χ0) is 17.8. The number of anilines is 1. The highest BCUT2D eigenvalue weighted by atomic mass is 35.5. The highest BCUT2D eigenvalue weighted by Crippen LogP contribution is 2.33. The van der Waals surface area contributed by atoms with Crippen LogP contribution >= 0.6 is 46.6 Å². The molecule has 0 aliphatic heterocycles. The number of halogens is 3. The summed E-state index contributed by atoms with van der Waals surface area (Å²) in [6, 6.07) is 3.34. The van der Waals surface area contributed by atoms with Crippen LogP contribution in [-0.4, -0.2) is 31.9 Å². The third kappa shape index (κ3) is 4.78. The fourth-order valence-electron chi connectivity index (χ4n) is 2.77. The lowest BCUT2D eigenvalue weighted by molar-refractivity contribution is -0.113. The van der Waals surface area contributed by atoms with E-state index < -0.39 is 0 Å². The number of hydrogen-bond donors (Lipinski definition) is 1. The van der Waals surface area contributed by atoms with Crippen LogP contribution in [0, 0.1) is 0 Å². The first-order chi connectivity index (χ1) is 12.0. The first kappa shape index (κ1) is 18.8. The second kappa shape index (κ2) is 8.58. The Hall–Kier alpha value is -1.02. The van der Waals surface area contributed by atoms with Crippen LogP contribution in [0.4, 0.5) is 5.69 Å². The molecule has 0 spiro atoms. The maximum absolute atomic E-state index is 12.2. The van der Waals surface area contributed by atoms with Gasteiger partial charge >= 0.3 is 0 Å². The molecule has 10 heteroatoms. The van der Waals surface area contributed by atoms with Crippen molar-refractivity contribution in [1.82, 2.24) is 20.2 Å². The molecule has 1 saturated carbocycles. The Morgan fingerprint density at radius 1 is 1.16 bits per heavy atom. The topological polar surface area (TPSA) is 72.7 Å². The summed E-state index contributed by atoms with van der Waals surface area (Å²) in [4.78, 5) is 12.2. The molecule has 0 atom stereocenters. The summed E-state index contributed by atoms with van der Waals surface area (Å²) in [7, 11) is 0. The molecule has 1 aliphatic rings. The van der Waals surface area contributed by atoms with Crippen LogP contribution in [-0.2, 0) is 4.79 Å². The number of carbonyl (C=O) groups excluding carboxylic acids is 1. The van der Waals surface area contributed by atoms with Crippen molar-refractivity contribution in [1.29, 1.82) is 0 Å². The Labute approximate surface area is 164 Å². The minimum Gasteiger partial charge on any atom is -0.324 e. The molecular weight excluding hydrogens is 405 g/mol. The van der Waals surface area contributed by atoms with Crippen molar-refractivity contribution in [2.24, 2.45) is 0 Å². The number of nitrogens with zero attached hydrogens (tertiary/aromatic N) is 4. The van der Waals surface area contributed by atoms with Gasteiger partial charge in [-0.15, -0.1) is 5.10 Å². The van der Waals surface area contributed by atoms with Crippen LogP contribution in [0.15, 0.2) is 17.3 Å². The Balaban J connectivity index is 1.60. The van der Waals surface area contributed by atoms with Gasteiger partial charge in [-0.05, 0) is 35.4 Å². The zero-order valence-electron chi connectivity index (χ0n) is 13.2. The highest BCUT2D eigenvalue weighted by molar-refractivity contribution is 7.99. The van der Waals surface area contributed by atoms with Gasteiger partial charge in [-0.25, -0.2) is 4.68 Å². The Morgan fingerprint density at radius 3 is 2.64 bits per heavy atom. The normalized spacial score (nSPS) is 15.3. The SMILES string of the molecule is O=C(CSc1nnnn1C1CCCCC1)Nc1cc(Cl)c(Cl)cc1Cl. The van der Waals surface area contributed by atoms with Gasteiger partial charge in [-0.3, -0.25) is 4.79 Å². The summed E-state index contributed by atoms with van der Waals surface area (Å²) in [5.41, 5.74) is 0.425. The van der Waals surface area contributed by atoms with Gasteiger partial charge in [0.15, 0.2) is 0 Å². The Bertz CT molecular complexity index is 764. The molecule has 1 amide bonds. The summed E-state index contributed by atoms with van der Waals surface area (Å²) in [5.74, 6) is -0.0487. The van der Waals surface area contributed by atoms with Crippen LogP contribution < -0.4 is 5.32 Å². The summed E-state index contributed by atoms with van der Waals surface area (Å²) in [5, 5.41) is 16.3. The molecule has 2 aromatic rings. The molecule has 6 nitrogen and oxygen atoms in total. The number of rotatable bonds is 5. The monoisotopic (exact) mass is 419 g/mol. The smallest absolute Gasteiger partial charge is 0.234 e. The van der Waals surface area contributed by atoms with Crippen molar-refractivity contribution in [3.63, 3.8) is 0 Å². The van der Waals surface area contributed by atoms with Gasteiger partial charge in [0.25, 0.3) is 0 Å². The molecule has 3 rings (SSSR count). The lowest BCUT2D eigenvalue weighted by atomic mass is 9.96. The van der Waals surface area contributed by atoms with Crippen molar-refractivity contribution in [3.8, 4) is 0 Å². The number of thioether (sulfide) groups is 1. The largest absolute Gasteiger partial charge is 0.324 e. The van der Waals surface area contributed by atoms with E-state index in [0.717, 1.165) is 12.8 Å². The first-order valence-electron chi connectivity index (χ1n) is 7.89. The molecule has 1 heterocycles. The molecule has 0 radical (unpaired) electrons. The molecule has 0 bridgehead atoms. The molecular formula is C15H16Cl3N5OS. The van der Waals surface area contributed by atoms with Crippen LogP contribution in [0.1, 0.15) is 38.1 Å². The number of aromatic nitrogens is 4. The maximum Gasteiger partial charge on any atom is 0.234 e. The van der Waals surface area contributed by atoms with Crippen LogP contribution in [0.2, 0.25) is 15.1 Å². The van der Waals surface area contributed by atoms with E-state index >= 15 is 0 Å². The van der Waals surface area contributed by atoms with E-state index in [-0.39, 0.29) is 11.7 Å². The first-order valence-corrected chi connectivity index (χ1v) is 10.0. The lowest BCUT2D eigenvalue weighted by Gasteiger charge is -2.21. The van der Waals surface area contributed by atoms with Crippen molar-refractivity contribution in [2.45, 2.75) is 43.3 Å². The van der Waals surface area contributed by atoms with Gasteiger partial charge in [0.2, 0.25) is 11.1 Å². The highest BCUT2D eigenvalue weighted by Gasteiger charge is 2.21. The molecule has 1 aromatic carbocycles. The molecule has 134 valence electrons. The summed E-state index contributed by atoms with van der Waals surface area (Å²) >= 11 is 19.2. The van der Waals surface area contributed by atoms with Crippen LogP contribution in [0.25, 0.3) is 0 Å². The minimum atomic E-state index is -0.219. The van der Waals surface area contributed by atoms with E-state index in [9.17, 15) is 4.79 Å². The predicted molar refractivity (Wildman–Crippen MR) is 101 cm³/mol. The second-order valence-corrected chi connectivity index (χ2v) is 7.94. The summed E-state index contributed by atoms with van der Waals surface area (Å²) < 4.78 is 1.84. The molecule has 1 aliphatic carbocycles. The van der Waals surface area contributed by atoms with E-state index in [4.69, 9.17) is 34.8 Å². The van der Waals surface area contributed by atoms with Crippen LogP contribution in [0.3, 0.4) is 0 Å². The van der Waals surface area contributed by atoms with Crippen molar-refractivity contribution in [2.75, 3.05) is 11.1 Å². The average Bonchev–Trinajstić information content (AvgIpc) is 3.07. The number of hydrogen-bond acceptors (Lipinski definition) is 5. The van der Waals surface area contributed by atoms with Gasteiger partial charge in [-0.2, -0.15) is 0 Å². The van der Waals surface area contributed by atoms with Gasteiger partial charge in [0, 0.05) is 0 Å². The number of carbonyl (C=O) groups is 1. The second-order valence-electron chi connectivity index (χ2n) is 5.78. The van der Waals surface area contributed by atoms with Crippen molar-refractivity contribution in [3.05, 3.63) is 27.2 Å². The van der Waals surface area contributed by atoms with Gasteiger partial charge in [-0.1, -0.05) is 65.8 Å². The zero-order valence-corrected chi connectivity index (χ0v) is 16.3. The van der Waals surface area contributed by atoms with Crippen molar-refractivity contribution < 1.29 is 4.79 Å². The third-order valence-electron chi connectivity index (χ3n) is 4.00. The van der Waals surface area contributed by atoms with Gasteiger partial charge in [0.1, 0.15) is 0 Å². The molecule has 25 heavy (non-hydrogen) atoms. The number of benzene rings is 1. The fourth-order valence-corrected chi connectivity index (χ4v) is 4.11. The summed E-state index contributed by atoms with van der Waals surface area (Å²) in [6.45, 7) is 0. The average molecular weight is 421 g/mol. The number of tetrazole rings is 1. The standard InChI is InChI=1S/C15H16Cl3N5OS/c16-10-6-12(18)13(7-11(10)17)19-14(24)8-25-15-20-21-22-23(15)9-4-2-1-3-5-9/h6-7,9H,1-5,8H2,(H,19,24). The molecule has 0 saturated heterocycles. The molecule has 1 N–H and O–H groups in total. The van der Waals surface area contributed by atoms with Crippen molar-refractivity contribution >= 4 is 58.2 Å². The Morgan fingerprint density at radius 2 is 1.88 bits per heavy atom. The predicted octanol–water partition coefficient (Wildman–Crippen LogP) is 4.87. The quantitative estimate of drug-likeness (QED) is 0.552. The van der Waals surface area contributed by atoms with Crippen LogP contribution in [0.5, 0.6) is 0 Å².